The number of non-ortho nitro benzene ring substituents is 1. The minimum atomic E-state index is -1.41. The van der Waals surface area contributed by atoms with Gasteiger partial charge in [-0.1, -0.05) is 81.5 Å². The Hall–Kier alpha value is -6.09. The zero-order chi connectivity index (χ0) is 39.9. The standard InChI is InChI=1S/C40H46N4O11/c1-5-21-54-39(48)36(25(3)6-2)43-38(47)34(24-53-22-26-15-17-27(18-16-26)44(50)51)41-37(46)33(19-20-35(45)52-4)42-40(49)55-23-32-30-13-9-7-11-28(30)29-12-8-10-14-31(29)32/h5,7-18,25,32-34,36H,1,6,19-24H2,2-4H3,(H,41,46)(H,42,49)(H,43,47)/t25-,33-,34-,36-/m0/s1. The van der Waals surface area contributed by atoms with Crippen LogP contribution >= 0.6 is 0 Å². The van der Waals surface area contributed by atoms with Crippen LogP contribution in [0.5, 0.6) is 0 Å². The minimum Gasteiger partial charge on any atom is -0.469 e. The first-order chi connectivity index (χ1) is 26.5. The number of hydrogen-bond donors (Lipinski definition) is 3. The molecule has 0 saturated carbocycles. The van der Waals surface area contributed by atoms with Crippen LogP contribution in [-0.2, 0) is 44.7 Å². The van der Waals surface area contributed by atoms with Crippen LogP contribution < -0.4 is 16.0 Å². The van der Waals surface area contributed by atoms with Crippen LogP contribution in [0.1, 0.15) is 55.7 Å². The van der Waals surface area contributed by atoms with Crippen LogP contribution in [0.3, 0.4) is 0 Å². The highest BCUT2D eigenvalue weighted by Crippen LogP contribution is 2.44. The number of ether oxygens (including phenoxy) is 4. The van der Waals surface area contributed by atoms with E-state index < -0.39 is 59.5 Å². The number of esters is 2. The monoisotopic (exact) mass is 758 g/mol. The summed E-state index contributed by atoms with van der Waals surface area (Å²) in [6.45, 7) is 6.51. The number of methoxy groups -OCH3 is 1. The van der Waals surface area contributed by atoms with E-state index in [4.69, 9.17) is 18.9 Å². The van der Waals surface area contributed by atoms with E-state index in [-0.39, 0.29) is 50.2 Å². The molecule has 1 aliphatic rings. The fourth-order valence-corrected chi connectivity index (χ4v) is 6.03. The van der Waals surface area contributed by atoms with Crippen molar-refractivity contribution in [3.63, 3.8) is 0 Å². The topological polar surface area (TPSA) is 201 Å². The van der Waals surface area contributed by atoms with E-state index in [2.05, 4.69) is 22.5 Å². The molecule has 4 rings (SSSR count). The average molecular weight is 759 g/mol. The molecule has 15 nitrogen and oxygen atoms in total. The van der Waals surface area contributed by atoms with Gasteiger partial charge < -0.3 is 34.9 Å². The summed E-state index contributed by atoms with van der Waals surface area (Å²) in [4.78, 5) is 76.4. The predicted octanol–water partition coefficient (Wildman–Crippen LogP) is 4.72. The van der Waals surface area contributed by atoms with E-state index in [1.54, 1.807) is 6.92 Å². The van der Waals surface area contributed by atoms with Gasteiger partial charge in [0.15, 0.2) is 0 Å². The molecule has 3 aromatic carbocycles. The molecule has 0 aromatic heterocycles. The highest BCUT2D eigenvalue weighted by molar-refractivity contribution is 5.93. The van der Waals surface area contributed by atoms with E-state index in [9.17, 15) is 34.1 Å². The summed E-state index contributed by atoms with van der Waals surface area (Å²) >= 11 is 0. The van der Waals surface area contributed by atoms with Gasteiger partial charge in [-0.15, -0.1) is 0 Å². The van der Waals surface area contributed by atoms with Crippen LogP contribution in [0.4, 0.5) is 10.5 Å². The van der Waals surface area contributed by atoms with Gasteiger partial charge in [0.05, 0.1) is 25.2 Å². The second-order valence-corrected chi connectivity index (χ2v) is 12.9. The minimum absolute atomic E-state index is 0.0360. The zero-order valence-electron chi connectivity index (χ0n) is 31.0. The summed E-state index contributed by atoms with van der Waals surface area (Å²) in [5.41, 5.74) is 4.48. The van der Waals surface area contributed by atoms with Crippen molar-refractivity contribution < 1.29 is 47.8 Å². The number of carbonyl (C=O) groups excluding carboxylic acids is 5. The van der Waals surface area contributed by atoms with Crippen LogP contribution in [0, 0.1) is 16.0 Å². The number of nitrogens with zero attached hydrogens (tertiary/aromatic N) is 1. The molecular formula is C40H46N4O11. The van der Waals surface area contributed by atoms with E-state index in [1.165, 1.54) is 37.5 Å². The normalized spacial score (nSPS) is 13.8. The molecule has 55 heavy (non-hydrogen) atoms. The molecule has 0 spiro atoms. The van der Waals surface area contributed by atoms with E-state index in [1.807, 2.05) is 55.5 Å². The Morgan fingerprint density at radius 3 is 2.07 bits per heavy atom. The molecule has 0 fully saturated rings. The fraction of sp³-hybridized carbons (Fsp3) is 0.375. The van der Waals surface area contributed by atoms with Gasteiger partial charge in [-0.3, -0.25) is 24.5 Å². The number of nitrogens with one attached hydrogen (secondary N) is 3. The van der Waals surface area contributed by atoms with E-state index >= 15 is 0 Å². The second kappa shape index (κ2) is 20.4. The SMILES string of the molecule is C=CCOC(=O)[C@@H](NC(=O)[C@H](COCc1ccc([N+](=O)[O-])cc1)NC(=O)[C@H](CCC(=O)OC)NC(=O)OCC1c2ccccc2-c2ccccc21)[C@@H](C)CC. The number of nitro benzene ring substituents is 1. The van der Waals surface area contributed by atoms with Crippen LogP contribution in [-0.4, -0.2) is 79.8 Å². The molecule has 3 N–H and O–H groups in total. The molecule has 15 heteroatoms. The molecule has 4 atom stereocenters. The Balaban J connectivity index is 1.50. The quantitative estimate of drug-likeness (QED) is 0.0474. The second-order valence-electron chi connectivity index (χ2n) is 12.9. The summed E-state index contributed by atoms with van der Waals surface area (Å²) in [5, 5.41) is 18.8. The summed E-state index contributed by atoms with van der Waals surface area (Å²) in [6.07, 6.45) is 0.507. The number of fused-ring (bicyclic) bond motifs is 3. The molecule has 0 unspecified atom stereocenters. The fourth-order valence-electron chi connectivity index (χ4n) is 6.03. The maximum atomic E-state index is 13.8. The van der Waals surface area contributed by atoms with Crippen molar-refractivity contribution in [2.45, 2.75) is 63.8 Å². The van der Waals surface area contributed by atoms with Crippen molar-refractivity contribution in [1.29, 1.82) is 0 Å². The van der Waals surface area contributed by atoms with Crippen LogP contribution in [0.15, 0.2) is 85.5 Å². The van der Waals surface area contributed by atoms with Crippen molar-refractivity contribution >= 4 is 35.5 Å². The Labute approximate surface area is 318 Å². The largest absolute Gasteiger partial charge is 0.469 e. The number of hydrogen-bond acceptors (Lipinski definition) is 11. The third-order valence-electron chi connectivity index (χ3n) is 9.26. The Kier molecular flexibility index (Phi) is 15.4. The lowest BCUT2D eigenvalue weighted by Crippen LogP contribution is -2.58. The van der Waals surface area contributed by atoms with Crippen molar-refractivity contribution in [2.24, 2.45) is 5.92 Å². The summed E-state index contributed by atoms with van der Waals surface area (Å²) in [5.74, 6) is -3.58. The van der Waals surface area contributed by atoms with Crippen molar-refractivity contribution in [1.82, 2.24) is 16.0 Å². The van der Waals surface area contributed by atoms with Gasteiger partial charge in [0.1, 0.15) is 31.3 Å². The Morgan fingerprint density at radius 1 is 0.873 bits per heavy atom. The molecule has 292 valence electrons. The number of carbonyl (C=O) groups is 5. The molecule has 3 aromatic rings. The first kappa shape index (κ1) is 41.7. The van der Waals surface area contributed by atoms with Gasteiger partial charge in [0, 0.05) is 24.5 Å². The third kappa shape index (κ3) is 11.5. The molecule has 1 aliphatic carbocycles. The summed E-state index contributed by atoms with van der Waals surface area (Å²) in [6, 6.07) is 17.3. The smallest absolute Gasteiger partial charge is 0.407 e. The highest BCUT2D eigenvalue weighted by Gasteiger charge is 2.34. The summed E-state index contributed by atoms with van der Waals surface area (Å²) in [7, 11) is 1.19. The average Bonchev–Trinajstić information content (AvgIpc) is 3.52. The summed E-state index contributed by atoms with van der Waals surface area (Å²) < 4.78 is 21.4. The zero-order valence-corrected chi connectivity index (χ0v) is 31.0. The van der Waals surface area contributed by atoms with Crippen molar-refractivity contribution in [3.05, 3.63) is 112 Å². The van der Waals surface area contributed by atoms with Crippen LogP contribution in [0.2, 0.25) is 0 Å². The van der Waals surface area contributed by atoms with Gasteiger partial charge >= 0.3 is 18.0 Å². The molecule has 0 saturated heterocycles. The Morgan fingerprint density at radius 2 is 1.49 bits per heavy atom. The van der Waals surface area contributed by atoms with Gasteiger partial charge in [-0.2, -0.15) is 0 Å². The first-order valence-corrected chi connectivity index (χ1v) is 17.8. The number of benzene rings is 3. The van der Waals surface area contributed by atoms with Gasteiger partial charge in [-0.05, 0) is 52.3 Å². The Bertz CT molecular complexity index is 1800. The maximum Gasteiger partial charge on any atom is 0.407 e. The number of amides is 3. The maximum absolute atomic E-state index is 13.8. The highest BCUT2D eigenvalue weighted by atomic mass is 16.6. The molecular weight excluding hydrogens is 712 g/mol. The van der Waals surface area contributed by atoms with Crippen molar-refractivity contribution in [2.75, 3.05) is 26.9 Å². The number of alkyl carbamates (subject to hydrolysis) is 1. The van der Waals surface area contributed by atoms with E-state index in [0.29, 0.717) is 12.0 Å². The molecule has 0 bridgehead atoms. The van der Waals surface area contributed by atoms with Gasteiger partial charge in [0.25, 0.3) is 5.69 Å². The lowest BCUT2D eigenvalue weighted by Gasteiger charge is -2.27. The molecule has 3 amide bonds. The third-order valence-corrected chi connectivity index (χ3v) is 9.26. The van der Waals surface area contributed by atoms with Crippen LogP contribution in [0.25, 0.3) is 11.1 Å². The van der Waals surface area contributed by atoms with Gasteiger partial charge in [-0.25, -0.2) is 9.59 Å². The van der Waals surface area contributed by atoms with Crippen molar-refractivity contribution in [3.8, 4) is 11.1 Å². The van der Waals surface area contributed by atoms with Gasteiger partial charge in [0.2, 0.25) is 11.8 Å². The lowest BCUT2D eigenvalue weighted by molar-refractivity contribution is -0.384. The molecule has 0 aliphatic heterocycles. The first-order valence-electron chi connectivity index (χ1n) is 17.8. The number of rotatable bonds is 20. The number of nitro groups is 1. The molecule has 0 radical (unpaired) electrons. The lowest BCUT2D eigenvalue weighted by atomic mass is 9.98. The predicted molar refractivity (Wildman–Crippen MR) is 200 cm³/mol. The van der Waals surface area contributed by atoms with E-state index in [0.717, 1.165) is 22.3 Å². The molecule has 0 heterocycles.